The second-order valence-corrected chi connectivity index (χ2v) is 6.18. The molecule has 3 aromatic carbocycles. The van der Waals surface area contributed by atoms with Crippen molar-refractivity contribution in [3.05, 3.63) is 95.8 Å². The molecule has 3 aromatic rings. The molecule has 0 aliphatic rings. The molecule has 1 N–H and O–H groups in total. The number of nitriles is 1. The molecular formula is C24H19FN2O3. The molecule has 0 spiro atoms. The number of halogens is 1. The maximum atomic E-state index is 13.7. The van der Waals surface area contributed by atoms with Crippen LogP contribution in [0.5, 0.6) is 11.5 Å². The van der Waals surface area contributed by atoms with E-state index in [1.165, 1.54) is 24.3 Å². The summed E-state index contributed by atoms with van der Waals surface area (Å²) in [5.74, 6) is 0.166. The van der Waals surface area contributed by atoms with Gasteiger partial charge >= 0.3 is 0 Å². The third-order valence-electron chi connectivity index (χ3n) is 4.04. The quantitative estimate of drug-likeness (QED) is 0.333. The summed E-state index contributed by atoms with van der Waals surface area (Å²) in [4.78, 5) is 12.3. The van der Waals surface area contributed by atoms with Crippen LogP contribution in [-0.4, -0.2) is 19.1 Å². The average Bonchev–Trinajstić information content (AvgIpc) is 2.78. The van der Waals surface area contributed by atoms with Crippen molar-refractivity contribution in [2.24, 2.45) is 0 Å². The lowest BCUT2D eigenvalue weighted by Gasteiger charge is -2.08. The first-order valence-electron chi connectivity index (χ1n) is 9.24. The fraction of sp³-hybridized carbons (Fsp3) is 0.0833. The SMILES string of the molecule is N#CC(=Cc1ccc(OCCOc2ccccc2)cc1)C(=O)Nc1ccccc1F. The second-order valence-electron chi connectivity index (χ2n) is 6.18. The first-order valence-corrected chi connectivity index (χ1v) is 9.24. The zero-order valence-electron chi connectivity index (χ0n) is 16.0. The zero-order chi connectivity index (χ0) is 21.2. The number of carbonyl (C=O) groups excluding carboxylic acids is 1. The Kier molecular flexibility index (Phi) is 7.17. The van der Waals surface area contributed by atoms with E-state index >= 15 is 0 Å². The summed E-state index contributed by atoms with van der Waals surface area (Å²) < 4.78 is 24.9. The minimum Gasteiger partial charge on any atom is -0.490 e. The van der Waals surface area contributed by atoms with Crippen molar-refractivity contribution in [2.75, 3.05) is 18.5 Å². The summed E-state index contributed by atoms with van der Waals surface area (Å²) in [5, 5.41) is 11.7. The van der Waals surface area contributed by atoms with E-state index in [-0.39, 0.29) is 11.3 Å². The molecule has 0 aliphatic carbocycles. The van der Waals surface area contributed by atoms with E-state index in [9.17, 15) is 14.4 Å². The number of anilines is 1. The minimum absolute atomic E-state index is 0.0186. The van der Waals surface area contributed by atoms with E-state index in [1.54, 1.807) is 30.3 Å². The standard InChI is InChI=1S/C24H19FN2O3/c25-22-8-4-5-9-23(22)27-24(28)19(17-26)16-18-10-12-21(13-11-18)30-15-14-29-20-6-2-1-3-7-20/h1-13,16H,14-15H2,(H,27,28). The molecule has 0 bridgehead atoms. The predicted octanol–water partition coefficient (Wildman–Crippen LogP) is 4.83. The number of hydrogen-bond donors (Lipinski definition) is 1. The third kappa shape index (κ3) is 5.94. The molecule has 0 unspecified atom stereocenters. The molecule has 0 saturated carbocycles. The fourth-order valence-electron chi connectivity index (χ4n) is 2.56. The van der Waals surface area contributed by atoms with Crippen molar-refractivity contribution in [3.63, 3.8) is 0 Å². The molecule has 30 heavy (non-hydrogen) atoms. The van der Waals surface area contributed by atoms with Crippen LogP contribution in [0.25, 0.3) is 6.08 Å². The normalized spacial score (nSPS) is 10.7. The van der Waals surface area contributed by atoms with Crippen LogP contribution >= 0.6 is 0 Å². The van der Waals surface area contributed by atoms with Gasteiger partial charge in [0, 0.05) is 0 Å². The molecule has 0 saturated heterocycles. The van der Waals surface area contributed by atoms with E-state index < -0.39 is 11.7 Å². The highest BCUT2D eigenvalue weighted by Crippen LogP contribution is 2.17. The largest absolute Gasteiger partial charge is 0.490 e. The van der Waals surface area contributed by atoms with E-state index in [0.717, 1.165) is 5.75 Å². The number of rotatable bonds is 8. The van der Waals surface area contributed by atoms with Crippen molar-refractivity contribution in [1.29, 1.82) is 5.26 Å². The molecule has 3 rings (SSSR count). The molecule has 5 nitrogen and oxygen atoms in total. The monoisotopic (exact) mass is 402 g/mol. The van der Waals surface area contributed by atoms with Gasteiger partial charge in [0.25, 0.3) is 5.91 Å². The molecule has 0 fully saturated rings. The van der Waals surface area contributed by atoms with Gasteiger partial charge in [-0.15, -0.1) is 0 Å². The Morgan fingerprint density at radius 3 is 2.13 bits per heavy atom. The highest BCUT2D eigenvalue weighted by molar-refractivity contribution is 6.09. The Morgan fingerprint density at radius 2 is 1.50 bits per heavy atom. The van der Waals surface area contributed by atoms with Gasteiger partial charge in [-0.2, -0.15) is 5.26 Å². The Balaban J connectivity index is 1.55. The van der Waals surface area contributed by atoms with E-state index in [4.69, 9.17) is 9.47 Å². The van der Waals surface area contributed by atoms with Crippen LogP contribution in [-0.2, 0) is 4.79 Å². The van der Waals surface area contributed by atoms with Crippen LogP contribution in [0.4, 0.5) is 10.1 Å². The van der Waals surface area contributed by atoms with Crippen molar-refractivity contribution < 1.29 is 18.7 Å². The van der Waals surface area contributed by atoms with Crippen LogP contribution in [0.2, 0.25) is 0 Å². The number of hydrogen-bond acceptors (Lipinski definition) is 4. The van der Waals surface area contributed by atoms with E-state index in [2.05, 4.69) is 5.32 Å². The van der Waals surface area contributed by atoms with Gasteiger partial charge < -0.3 is 14.8 Å². The molecule has 0 radical (unpaired) electrons. The Hall–Kier alpha value is -4.11. The highest BCUT2D eigenvalue weighted by atomic mass is 19.1. The summed E-state index contributed by atoms with van der Waals surface area (Å²) >= 11 is 0. The number of amides is 1. The molecule has 150 valence electrons. The third-order valence-corrected chi connectivity index (χ3v) is 4.04. The molecular weight excluding hydrogens is 383 g/mol. The lowest BCUT2D eigenvalue weighted by molar-refractivity contribution is -0.112. The summed E-state index contributed by atoms with van der Waals surface area (Å²) in [5.41, 5.74) is 0.524. The van der Waals surface area contributed by atoms with Crippen LogP contribution in [0, 0.1) is 17.1 Å². The van der Waals surface area contributed by atoms with Gasteiger partial charge in [0.05, 0.1) is 5.69 Å². The first-order chi connectivity index (χ1) is 14.7. The molecule has 0 aromatic heterocycles. The molecule has 0 heterocycles. The van der Waals surface area contributed by atoms with Crippen molar-refractivity contribution >= 4 is 17.7 Å². The summed E-state index contributed by atoms with van der Waals surface area (Å²) in [7, 11) is 0. The fourth-order valence-corrected chi connectivity index (χ4v) is 2.56. The highest BCUT2D eigenvalue weighted by Gasteiger charge is 2.11. The Bertz CT molecular complexity index is 1060. The molecule has 6 heteroatoms. The summed E-state index contributed by atoms with van der Waals surface area (Å²) in [6.45, 7) is 0.777. The molecule has 0 aliphatic heterocycles. The Morgan fingerprint density at radius 1 is 0.900 bits per heavy atom. The lowest BCUT2D eigenvalue weighted by Crippen LogP contribution is -2.14. The average molecular weight is 402 g/mol. The maximum Gasteiger partial charge on any atom is 0.266 e. The topological polar surface area (TPSA) is 71.3 Å². The zero-order valence-corrected chi connectivity index (χ0v) is 16.0. The van der Waals surface area contributed by atoms with E-state index in [1.807, 2.05) is 36.4 Å². The van der Waals surface area contributed by atoms with Crippen molar-refractivity contribution in [2.45, 2.75) is 0 Å². The second kappa shape index (κ2) is 10.4. The van der Waals surface area contributed by atoms with Gasteiger partial charge in [-0.05, 0) is 48.0 Å². The van der Waals surface area contributed by atoms with Crippen LogP contribution in [0.15, 0.2) is 84.4 Å². The smallest absolute Gasteiger partial charge is 0.266 e. The first kappa shape index (κ1) is 20.6. The number of nitrogens with one attached hydrogen (secondary N) is 1. The van der Waals surface area contributed by atoms with Crippen molar-refractivity contribution in [1.82, 2.24) is 0 Å². The number of carbonyl (C=O) groups is 1. The van der Waals surface area contributed by atoms with E-state index in [0.29, 0.717) is 24.5 Å². The predicted molar refractivity (Wildman–Crippen MR) is 112 cm³/mol. The van der Waals surface area contributed by atoms with Gasteiger partial charge in [-0.25, -0.2) is 4.39 Å². The van der Waals surface area contributed by atoms with Crippen LogP contribution in [0.3, 0.4) is 0 Å². The number of para-hydroxylation sites is 2. The van der Waals surface area contributed by atoms with Gasteiger partial charge in [-0.3, -0.25) is 4.79 Å². The number of ether oxygens (including phenoxy) is 2. The van der Waals surface area contributed by atoms with Crippen LogP contribution < -0.4 is 14.8 Å². The van der Waals surface area contributed by atoms with Gasteiger partial charge in [-0.1, -0.05) is 42.5 Å². The van der Waals surface area contributed by atoms with Gasteiger partial charge in [0.15, 0.2) is 0 Å². The molecule has 1 amide bonds. The summed E-state index contributed by atoms with van der Waals surface area (Å²) in [6.07, 6.45) is 1.43. The van der Waals surface area contributed by atoms with Crippen molar-refractivity contribution in [3.8, 4) is 17.6 Å². The van der Waals surface area contributed by atoms with Gasteiger partial charge in [0.2, 0.25) is 0 Å². The number of nitrogens with zero attached hydrogens (tertiary/aromatic N) is 1. The lowest BCUT2D eigenvalue weighted by atomic mass is 10.1. The maximum absolute atomic E-state index is 13.7. The van der Waals surface area contributed by atoms with Crippen LogP contribution in [0.1, 0.15) is 5.56 Å². The summed E-state index contributed by atoms with van der Waals surface area (Å²) in [6, 6.07) is 24.0. The molecule has 0 atom stereocenters. The number of benzene rings is 3. The Labute approximate surface area is 174 Å². The van der Waals surface area contributed by atoms with Gasteiger partial charge in [0.1, 0.15) is 42.2 Å². The minimum atomic E-state index is -0.680.